The van der Waals surface area contributed by atoms with Gasteiger partial charge in [0.15, 0.2) is 0 Å². The SMILES string of the molecule is CC[C@H](C(=O)O)C(C)C1CCCCC1. The highest BCUT2D eigenvalue weighted by atomic mass is 16.4. The van der Waals surface area contributed by atoms with E-state index in [1.54, 1.807) is 0 Å². The average molecular weight is 198 g/mol. The molecule has 1 N–H and O–H groups in total. The van der Waals surface area contributed by atoms with Gasteiger partial charge in [-0.3, -0.25) is 4.79 Å². The van der Waals surface area contributed by atoms with Crippen LogP contribution >= 0.6 is 0 Å². The van der Waals surface area contributed by atoms with Crippen molar-refractivity contribution >= 4 is 5.97 Å². The van der Waals surface area contributed by atoms with E-state index in [1.807, 2.05) is 6.92 Å². The summed E-state index contributed by atoms with van der Waals surface area (Å²) in [5.74, 6) is 0.284. The van der Waals surface area contributed by atoms with Crippen molar-refractivity contribution in [3.63, 3.8) is 0 Å². The van der Waals surface area contributed by atoms with Crippen LogP contribution in [-0.2, 0) is 4.79 Å². The van der Waals surface area contributed by atoms with Crippen LogP contribution in [0.3, 0.4) is 0 Å². The van der Waals surface area contributed by atoms with Crippen LogP contribution in [0.1, 0.15) is 52.4 Å². The summed E-state index contributed by atoms with van der Waals surface area (Å²) < 4.78 is 0. The molecule has 0 bridgehead atoms. The molecule has 0 spiro atoms. The highest BCUT2D eigenvalue weighted by Crippen LogP contribution is 2.34. The second kappa shape index (κ2) is 5.38. The number of rotatable bonds is 4. The number of hydrogen-bond acceptors (Lipinski definition) is 1. The van der Waals surface area contributed by atoms with Gasteiger partial charge in [0.1, 0.15) is 0 Å². The van der Waals surface area contributed by atoms with E-state index >= 15 is 0 Å². The van der Waals surface area contributed by atoms with E-state index in [0.29, 0.717) is 11.8 Å². The molecule has 2 nitrogen and oxygen atoms in total. The molecule has 0 saturated heterocycles. The fraction of sp³-hybridized carbons (Fsp3) is 0.917. The van der Waals surface area contributed by atoms with Gasteiger partial charge in [-0.05, 0) is 18.3 Å². The Hall–Kier alpha value is -0.530. The van der Waals surface area contributed by atoms with Crippen molar-refractivity contribution < 1.29 is 9.90 Å². The standard InChI is InChI=1S/C12H22O2/c1-3-11(12(13)14)9(2)10-7-5-4-6-8-10/h9-11H,3-8H2,1-2H3,(H,13,14)/t9?,11-/m0/s1. The number of carbonyl (C=O) groups is 1. The number of carboxylic acids is 1. The van der Waals surface area contributed by atoms with Gasteiger partial charge >= 0.3 is 5.97 Å². The number of carboxylic acid groups (broad SMARTS) is 1. The maximum Gasteiger partial charge on any atom is 0.306 e. The van der Waals surface area contributed by atoms with E-state index < -0.39 is 5.97 Å². The third kappa shape index (κ3) is 2.73. The van der Waals surface area contributed by atoms with Gasteiger partial charge in [-0.25, -0.2) is 0 Å². The van der Waals surface area contributed by atoms with Crippen LogP contribution in [0.5, 0.6) is 0 Å². The lowest BCUT2D eigenvalue weighted by Crippen LogP contribution is -2.28. The van der Waals surface area contributed by atoms with E-state index in [0.717, 1.165) is 6.42 Å². The van der Waals surface area contributed by atoms with Crippen LogP contribution < -0.4 is 0 Å². The Morgan fingerprint density at radius 2 is 1.93 bits per heavy atom. The van der Waals surface area contributed by atoms with E-state index in [1.165, 1.54) is 32.1 Å². The van der Waals surface area contributed by atoms with Crippen LogP contribution in [0.2, 0.25) is 0 Å². The lowest BCUT2D eigenvalue weighted by molar-refractivity contribution is -0.144. The Morgan fingerprint density at radius 1 is 1.36 bits per heavy atom. The molecule has 1 unspecified atom stereocenters. The first-order chi connectivity index (χ1) is 6.66. The highest BCUT2D eigenvalue weighted by molar-refractivity contribution is 5.70. The topological polar surface area (TPSA) is 37.3 Å². The first-order valence-corrected chi connectivity index (χ1v) is 5.89. The van der Waals surface area contributed by atoms with Gasteiger partial charge in [-0.2, -0.15) is 0 Å². The quantitative estimate of drug-likeness (QED) is 0.752. The summed E-state index contributed by atoms with van der Waals surface area (Å²) in [4.78, 5) is 11.0. The molecule has 14 heavy (non-hydrogen) atoms. The molecule has 82 valence electrons. The van der Waals surface area contributed by atoms with Crippen LogP contribution in [0.25, 0.3) is 0 Å². The molecule has 0 amide bonds. The average Bonchev–Trinajstić information content (AvgIpc) is 2.19. The molecule has 1 aliphatic rings. The van der Waals surface area contributed by atoms with Gasteiger partial charge in [0.25, 0.3) is 0 Å². The van der Waals surface area contributed by atoms with Crippen LogP contribution in [0.15, 0.2) is 0 Å². The zero-order valence-corrected chi connectivity index (χ0v) is 9.33. The lowest BCUT2D eigenvalue weighted by Gasteiger charge is -2.31. The Kier molecular flexibility index (Phi) is 4.43. The van der Waals surface area contributed by atoms with Gasteiger partial charge in [-0.1, -0.05) is 46.0 Å². The minimum absolute atomic E-state index is 0.127. The van der Waals surface area contributed by atoms with Crippen molar-refractivity contribution in [3.05, 3.63) is 0 Å². The first kappa shape index (κ1) is 11.5. The fourth-order valence-corrected chi connectivity index (χ4v) is 2.76. The molecular formula is C12H22O2. The van der Waals surface area contributed by atoms with Gasteiger partial charge in [0.05, 0.1) is 5.92 Å². The third-order valence-corrected chi connectivity index (χ3v) is 3.79. The minimum atomic E-state index is -0.606. The molecule has 0 aromatic heterocycles. The van der Waals surface area contributed by atoms with Crippen molar-refractivity contribution in [2.45, 2.75) is 52.4 Å². The molecule has 1 aliphatic carbocycles. The summed E-state index contributed by atoms with van der Waals surface area (Å²) in [6.07, 6.45) is 7.19. The van der Waals surface area contributed by atoms with Crippen molar-refractivity contribution in [2.75, 3.05) is 0 Å². The predicted octanol–water partition coefficient (Wildman–Crippen LogP) is 3.31. The smallest absolute Gasteiger partial charge is 0.306 e. The Labute approximate surface area is 86.7 Å². The molecule has 1 saturated carbocycles. The van der Waals surface area contributed by atoms with Crippen molar-refractivity contribution in [1.29, 1.82) is 0 Å². The van der Waals surface area contributed by atoms with Crippen LogP contribution in [-0.4, -0.2) is 11.1 Å². The largest absolute Gasteiger partial charge is 0.481 e. The van der Waals surface area contributed by atoms with Gasteiger partial charge in [0, 0.05) is 0 Å². The predicted molar refractivity (Wildman–Crippen MR) is 57.2 cm³/mol. The number of aliphatic carboxylic acids is 1. The second-order valence-electron chi connectivity index (χ2n) is 4.61. The van der Waals surface area contributed by atoms with Gasteiger partial charge in [-0.15, -0.1) is 0 Å². The molecule has 2 heteroatoms. The zero-order valence-electron chi connectivity index (χ0n) is 9.33. The first-order valence-electron chi connectivity index (χ1n) is 5.89. The van der Waals surface area contributed by atoms with E-state index in [4.69, 9.17) is 5.11 Å². The highest BCUT2D eigenvalue weighted by Gasteiger charge is 2.30. The summed E-state index contributed by atoms with van der Waals surface area (Å²) >= 11 is 0. The Bertz CT molecular complexity index is 183. The minimum Gasteiger partial charge on any atom is -0.481 e. The molecule has 1 fully saturated rings. The zero-order chi connectivity index (χ0) is 10.6. The second-order valence-corrected chi connectivity index (χ2v) is 4.61. The fourth-order valence-electron chi connectivity index (χ4n) is 2.76. The molecule has 0 radical (unpaired) electrons. The van der Waals surface area contributed by atoms with Gasteiger partial charge in [0.2, 0.25) is 0 Å². The van der Waals surface area contributed by atoms with E-state index in [9.17, 15) is 4.79 Å². The lowest BCUT2D eigenvalue weighted by atomic mass is 9.74. The van der Waals surface area contributed by atoms with Crippen molar-refractivity contribution in [1.82, 2.24) is 0 Å². The molecule has 0 aliphatic heterocycles. The van der Waals surface area contributed by atoms with E-state index in [-0.39, 0.29) is 5.92 Å². The molecular weight excluding hydrogens is 176 g/mol. The monoisotopic (exact) mass is 198 g/mol. The molecule has 0 aromatic carbocycles. The third-order valence-electron chi connectivity index (χ3n) is 3.79. The summed E-state index contributed by atoms with van der Waals surface area (Å²) in [5.41, 5.74) is 0. The summed E-state index contributed by atoms with van der Waals surface area (Å²) in [6, 6.07) is 0. The van der Waals surface area contributed by atoms with E-state index in [2.05, 4.69) is 6.92 Å². The van der Waals surface area contributed by atoms with Crippen molar-refractivity contribution in [3.8, 4) is 0 Å². The molecule has 1 rings (SSSR count). The Balaban J connectivity index is 2.51. The summed E-state index contributed by atoms with van der Waals surface area (Å²) in [5, 5.41) is 9.07. The van der Waals surface area contributed by atoms with Crippen LogP contribution in [0.4, 0.5) is 0 Å². The summed E-state index contributed by atoms with van der Waals surface area (Å²) in [7, 11) is 0. The van der Waals surface area contributed by atoms with Crippen molar-refractivity contribution in [2.24, 2.45) is 17.8 Å². The number of hydrogen-bond donors (Lipinski definition) is 1. The molecule has 0 heterocycles. The normalized spacial score (nSPS) is 23.0. The van der Waals surface area contributed by atoms with Gasteiger partial charge < -0.3 is 5.11 Å². The maximum absolute atomic E-state index is 11.0. The maximum atomic E-state index is 11.0. The molecule has 0 aromatic rings. The van der Waals surface area contributed by atoms with Crippen LogP contribution in [0, 0.1) is 17.8 Å². The summed E-state index contributed by atoms with van der Waals surface area (Å²) in [6.45, 7) is 4.11. The molecule has 2 atom stereocenters. The Morgan fingerprint density at radius 3 is 2.36 bits per heavy atom.